The summed E-state index contributed by atoms with van der Waals surface area (Å²) in [5.74, 6) is 0.484. The second kappa shape index (κ2) is 4.95. The minimum atomic E-state index is -0.292. The van der Waals surface area contributed by atoms with Crippen molar-refractivity contribution in [1.29, 1.82) is 0 Å². The third-order valence-electron chi connectivity index (χ3n) is 3.92. The minimum Gasteiger partial charge on any atom is -0.302 e. The van der Waals surface area contributed by atoms with E-state index in [0.717, 1.165) is 45.2 Å². The smallest absolute Gasteiger partial charge is 0.213 e. The summed E-state index contributed by atoms with van der Waals surface area (Å²) in [5, 5.41) is 10.8. The highest BCUT2D eigenvalue weighted by atomic mass is 16.6. The van der Waals surface area contributed by atoms with Crippen molar-refractivity contribution in [2.45, 2.75) is 38.1 Å². The van der Waals surface area contributed by atoms with Crippen LogP contribution in [0.5, 0.6) is 0 Å². The standard InChI is InChI=1S/C12H20N2O2/c1-13-7-5-10(6-8-13)11-3-2-4-12(9-11)14(15)16/h5,11-12H,2-4,6-9H2,1H3. The summed E-state index contributed by atoms with van der Waals surface area (Å²) in [6, 6.07) is -0.292. The highest BCUT2D eigenvalue weighted by Crippen LogP contribution is 2.33. The normalized spacial score (nSPS) is 32.2. The summed E-state index contributed by atoms with van der Waals surface area (Å²) >= 11 is 0. The SMILES string of the molecule is CN1CC=C(C2CCCC([N+](=O)[O-])C2)CC1. The molecule has 1 saturated carbocycles. The van der Waals surface area contributed by atoms with E-state index in [0.29, 0.717) is 5.92 Å². The fraction of sp³-hybridized carbons (Fsp3) is 0.833. The fourth-order valence-corrected chi connectivity index (χ4v) is 2.85. The zero-order valence-corrected chi connectivity index (χ0v) is 9.89. The molecule has 1 aliphatic carbocycles. The van der Waals surface area contributed by atoms with E-state index < -0.39 is 0 Å². The molecule has 16 heavy (non-hydrogen) atoms. The predicted molar refractivity (Wildman–Crippen MR) is 62.9 cm³/mol. The second-order valence-electron chi connectivity index (χ2n) is 5.09. The lowest BCUT2D eigenvalue weighted by Crippen LogP contribution is -2.31. The first-order valence-electron chi connectivity index (χ1n) is 6.18. The molecule has 0 saturated heterocycles. The molecule has 0 amide bonds. The van der Waals surface area contributed by atoms with Crippen molar-refractivity contribution in [3.05, 3.63) is 21.8 Å². The Morgan fingerprint density at radius 3 is 2.94 bits per heavy atom. The molecule has 0 aromatic rings. The number of hydrogen-bond donors (Lipinski definition) is 0. The largest absolute Gasteiger partial charge is 0.302 e. The maximum absolute atomic E-state index is 10.8. The zero-order valence-electron chi connectivity index (χ0n) is 9.89. The lowest BCUT2D eigenvalue weighted by Gasteiger charge is -2.30. The third-order valence-corrected chi connectivity index (χ3v) is 3.92. The number of nitrogens with zero attached hydrogens (tertiary/aromatic N) is 2. The van der Waals surface area contributed by atoms with Gasteiger partial charge in [-0.3, -0.25) is 10.1 Å². The Morgan fingerprint density at radius 1 is 1.50 bits per heavy atom. The van der Waals surface area contributed by atoms with Crippen molar-refractivity contribution in [3.8, 4) is 0 Å². The van der Waals surface area contributed by atoms with Crippen LogP contribution in [0.3, 0.4) is 0 Å². The highest BCUT2D eigenvalue weighted by molar-refractivity contribution is 5.12. The van der Waals surface area contributed by atoms with E-state index in [1.165, 1.54) is 5.57 Å². The Labute approximate surface area is 96.5 Å². The molecule has 4 heteroatoms. The molecule has 4 nitrogen and oxygen atoms in total. The third kappa shape index (κ3) is 2.61. The molecule has 2 unspecified atom stereocenters. The number of likely N-dealkylation sites (N-methyl/N-ethyl adjacent to an activating group) is 1. The molecule has 0 spiro atoms. The Bertz CT molecular complexity index is 301. The average molecular weight is 224 g/mol. The first-order chi connectivity index (χ1) is 7.66. The number of hydrogen-bond acceptors (Lipinski definition) is 3. The molecule has 0 N–H and O–H groups in total. The van der Waals surface area contributed by atoms with E-state index in [1.54, 1.807) is 0 Å². The van der Waals surface area contributed by atoms with Crippen molar-refractivity contribution < 1.29 is 4.92 Å². The van der Waals surface area contributed by atoms with Crippen LogP contribution in [0.4, 0.5) is 0 Å². The van der Waals surface area contributed by atoms with Gasteiger partial charge < -0.3 is 4.90 Å². The topological polar surface area (TPSA) is 46.4 Å². The molecular formula is C12H20N2O2. The monoisotopic (exact) mass is 224 g/mol. The van der Waals surface area contributed by atoms with Gasteiger partial charge in [-0.2, -0.15) is 0 Å². The Hall–Kier alpha value is -0.900. The van der Waals surface area contributed by atoms with E-state index in [9.17, 15) is 10.1 Å². The van der Waals surface area contributed by atoms with Crippen LogP contribution in [-0.4, -0.2) is 36.0 Å². The molecule has 2 rings (SSSR count). The highest BCUT2D eigenvalue weighted by Gasteiger charge is 2.31. The van der Waals surface area contributed by atoms with E-state index >= 15 is 0 Å². The van der Waals surface area contributed by atoms with Crippen molar-refractivity contribution in [3.63, 3.8) is 0 Å². The quantitative estimate of drug-likeness (QED) is 0.410. The lowest BCUT2D eigenvalue weighted by molar-refractivity contribution is -0.527. The van der Waals surface area contributed by atoms with Gasteiger partial charge in [0.05, 0.1) is 0 Å². The Kier molecular flexibility index (Phi) is 3.59. The molecule has 2 aliphatic rings. The van der Waals surface area contributed by atoms with Gasteiger partial charge in [0, 0.05) is 30.9 Å². The van der Waals surface area contributed by atoms with Gasteiger partial charge in [-0.25, -0.2) is 0 Å². The van der Waals surface area contributed by atoms with Crippen LogP contribution in [0.1, 0.15) is 32.1 Å². The predicted octanol–water partition coefficient (Wildman–Crippen LogP) is 2.08. The number of rotatable bonds is 2. The molecule has 0 radical (unpaired) electrons. The zero-order chi connectivity index (χ0) is 11.5. The van der Waals surface area contributed by atoms with Gasteiger partial charge in [-0.15, -0.1) is 0 Å². The molecule has 1 heterocycles. The summed E-state index contributed by atoms with van der Waals surface area (Å²) in [5.41, 5.74) is 1.48. The van der Waals surface area contributed by atoms with Gasteiger partial charge >= 0.3 is 0 Å². The van der Waals surface area contributed by atoms with Crippen molar-refractivity contribution in [2.24, 2.45) is 5.92 Å². The van der Waals surface area contributed by atoms with E-state index in [4.69, 9.17) is 0 Å². The van der Waals surface area contributed by atoms with Crippen LogP contribution in [0.15, 0.2) is 11.6 Å². The van der Waals surface area contributed by atoms with Crippen LogP contribution < -0.4 is 0 Å². The second-order valence-corrected chi connectivity index (χ2v) is 5.09. The summed E-state index contributed by atoms with van der Waals surface area (Å²) < 4.78 is 0. The van der Waals surface area contributed by atoms with Gasteiger partial charge in [0.15, 0.2) is 0 Å². The van der Waals surface area contributed by atoms with Crippen molar-refractivity contribution in [2.75, 3.05) is 20.1 Å². The van der Waals surface area contributed by atoms with E-state index in [-0.39, 0.29) is 11.0 Å². The summed E-state index contributed by atoms with van der Waals surface area (Å²) in [6.45, 7) is 2.11. The maximum Gasteiger partial charge on any atom is 0.213 e. The number of nitro groups is 1. The summed E-state index contributed by atoms with van der Waals surface area (Å²) in [7, 11) is 2.12. The Morgan fingerprint density at radius 2 is 2.31 bits per heavy atom. The fourth-order valence-electron chi connectivity index (χ4n) is 2.85. The van der Waals surface area contributed by atoms with Gasteiger partial charge in [0.1, 0.15) is 0 Å². The first-order valence-corrected chi connectivity index (χ1v) is 6.18. The molecule has 90 valence electrons. The van der Waals surface area contributed by atoms with Crippen LogP contribution >= 0.6 is 0 Å². The molecule has 1 aliphatic heterocycles. The van der Waals surface area contributed by atoms with Gasteiger partial charge in [0.25, 0.3) is 0 Å². The van der Waals surface area contributed by atoms with Crippen LogP contribution in [0.25, 0.3) is 0 Å². The molecule has 1 fully saturated rings. The van der Waals surface area contributed by atoms with Crippen LogP contribution in [-0.2, 0) is 0 Å². The average Bonchev–Trinajstić information content (AvgIpc) is 2.30. The van der Waals surface area contributed by atoms with Crippen molar-refractivity contribution in [1.82, 2.24) is 4.90 Å². The van der Waals surface area contributed by atoms with E-state index in [1.807, 2.05) is 0 Å². The lowest BCUT2D eigenvalue weighted by atomic mass is 9.79. The summed E-state index contributed by atoms with van der Waals surface area (Å²) in [4.78, 5) is 13.0. The summed E-state index contributed by atoms with van der Waals surface area (Å²) in [6.07, 6.45) is 7.10. The molecule has 0 aromatic heterocycles. The minimum absolute atomic E-state index is 0.0817. The Balaban J connectivity index is 1.96. The van der Waals surface area contributed by atoms with Crippen LogP contribution in [0.2, 0.25) is 0 Å². The molecular weight excluding hydrogens is 204 g/mol. The van der Waals surface area contributed by atoms with Crippen LogP contribution in [0, 0.1) is 16.0 Å². The van der Waals surface area contributed by atoms with Gasteiger partial charge in [-0.1, -0.05) is 11.6 Å². The maximum atomic E-state index is 10.8. The molecule has 0 aromatic carbocycles. The molecule has 2 atom stereocenters. The van der Waals surface area contributed by atoms with Gasteiger partial charge in [-0.05, 0) is 32.2 Å². The van der Waals surface area contributed by atoms with E-state index in [2.05, 4.69) is 18.0 Å². The van der Waals surface area contributed by atoms with Crippen molar-refractivity contribution >= 4 is 0 Å². The molecule has 0 bridgehead atoms. The van der Waals surface area contributed by atoms with Gasteiger partial charge in [0.2, 0.25) is 6.04 Å². The first kappa shape index (κ1) is 11.6.